The average Bonchev–Trinajstić information content (AvgIpc) is 2.21. The molecular formula is C10H21NO2. The van der Waals surface area contributed by atoms with Crippen LogP contribution in [0.2, 0.25) is 0 Å². The molecule has 0 aliphatic carbocycles. The van der Waals surface area contributed by atoms with Crippen molar-refractivity contribution in [1.29, 1.82) is 1.43 Å². The molecule has 0 rings (SSSR count). The van der Waals surface area contributed by atoms with E-state index in [2.05, 4.69) is 12.0 Å². The summed E-state index contributed by atoms with van der Waals surface area (Å²) < 4.78 is 6.38. The molecule has 0 aromatic carbocycles. The number of hydrogen-bond acceptors (Lipinski definition) is 3. The van der Waals surface area contributed by atoms with Crippen molar-refractivity contribution in [3.05, 3.63) is 0 Å². The minimum Gasteiger partial charge on any atom is -0.480 e. The Bertz CT molecular complexity index is 153. The van der Waals surface area contributed by atoms with E-state index in [-0.39, 0.29) is 0 Å². The summed E-state index contributed by atoms with van der Waals surface area (Å²) in [6, 6.07) is -0.612. The predicted octanol–water partition coefficient (Wildman–Crippen LogP) is 2.15. The highest BCUT2D eigenvalue weighted by Gasteiger charge is 2.09. The van der Waals surface area contributed by atoms with Crippen molar-refractivity contribution in [1.82, 2.24) is 0 Å². The number of carbonyl (C=O) groups is 1. The highest BCUT2D eigenvalue weighted by atomic mass is 16.4. The Morgan fingerprint density at radius 2 is 2.00 bits per heavy atom. The van der Waals surface area contributed by atoms with E-state index in [0.717, 1.165) is 12.8 Å². The van der Waals surface area contributed by atoms with E-state index in [1.807, 2.05) is 0 Å². The summed E-state index contributed by atoms with van der Waals surface area (Å²) in [5.74, 6) is -0.626. The summed E-state index contributed by atoms with van der Waals surface area (Å²) in [5, 5.41) is 3.79. The molecule has 0 bridgehead atoms. The minimum absolute atomic E-state index is 0.612. The van der Waals surface area contributed by atoms with E-state index in [0.29, 0.717) is 6.42 Å². The summed E-state index contributed by atoms with van der Waals surface area (Å²) in [6.07, 6.45) is 7.67. The quantitative estimate of drug-likeness (QED) is 0.574. The first-order valence-electron chi connectivity index (χ1n) is 5.55. The van der Waals surface area contributed by atoms with E-state index in [1.54, 1.807) is 0 Å². The van der Waals surface area contributed by atoms with Crippen molar-refractivity contribution >= 4 is 5.97 Å². The zero-order valence-corrected chi connectivity index (χ0v) is 8.42. The molecule has 0 amide bonds. The van der Waals surface area contributed by atoms with Gasteiger partial charge in [0.2, 0.25) is 0 Å². The van der Waals surface area contributed by atoms with Gasteiger partial charge >= 0.3 is 5.97 Å². The van der Waals surface area contributed by atoms with E-state index in [9.17, 15) is 4.79 Å². The fourth-order valence-electron chi connectivity index (χ4n) is 1.26. The highest BCUT2D eigenvalue weighted by Crippen LogP contribution is 2.07. The van der Waals surface area contributed by atoms with Crippen LogP contribution in [-0.2, 0) is 4.79 Å². The van der Waals surface area contributed by atoms with Crippen LogP contribution in [-0.4, -0.2) is 17.1 Å². The molecule has 0 aromatic heterocycles. The molecule has 78 valence electrons. The van der Waals surface area contributed by atoms with E-state index in [4.69, 9.17) is 7.16 Å². The zero-order valence-electron chi connectivity index (χ0n) is 9.42. The van der Waals surface area contributed by atoms with Gasteiger partial charge in [-0.15, -0.1) is 0 Å². The first-order valence-corrected chi connectivity index (χ1v) is 5.15. The molecule has 3 nitrogen and oxygen atoms in total. The lowest BCUT2D eigenvalue weighted by Gasteiger charge is -2.05. The van der Waals surface area contributed by atoms with Gasteiger partial charge in [-0.05, 0) is 6.42 Å². The summed E-state index contributed by atoms with van der Waals surface area (Å²) >= 11 is 0. The molecule has 0 aliphatic heterocycles. The van der Waals surface area contributed by atoms with Crippen molar-refractivity contribution in [2.24, 2.45) is 5.73 Å². The lowest BCUT2D eigenvalue weighted by atomic mass is 10.1. The third-order valence-corrected chi connectivity index (χ3v) is 2.17. The van der Waals surface area contributed by atoms with Gasteiger partial charge in [0.25, 0.3) is 1.43 Å². The molecule has 0 spiro atoms. The van der Waals surface area contributed by atoms with E-state index in [1.165, 1.54) is 25.7 Å². The van der Waals surface area contributed by atoms with Crippen molar-refractivity contribution in [3.63, 3.8) is 0 Å². The van der Waals surface area contributed by atoms with Gasteiger partial charge in [-0.3, -0.25) is 4.79 Å². The van der Waals surface area contributed by atoms with Crippen molar-refractivity contribution < 1.29 is 9.90 Å². The van der Waals surface area contributed by atoms with Gasteiger partial charge in [-0.1, -0.05) is 45.4 Å². The Balaban J connectivity index is 3.23. The third kappa shape index (κ3) is 7.78. The maximum absolute atomic E-state index is 10.7. The average molecular weight is 188 g/mol. The standard InChI is InChI=1S/C10H21NO2/c1-2-3-4-5-6-7-8-9(11)10(12)13/h9H,2-8,11H2,1H3,(H,12,13)/t9-/m1/s1/i/hD. The molecular weight excluding hydrogens is 166 g/mol. The number of nitrogens with two attached hydrogens (primary N) is 1. The molecule has 3 N–H and O–H groups in total. The fourth-order valence-corrected chi connectivity index (χ4v) is 1.26. The van der Waals surface area contributed by atoms with Crippen molar-refractivity contribution in [2.45, 2.75) is 57.9 Å². The Hall–Kier alpha value is -0.570. The molecule has 0 saturated heterocycles. The van der Waals surface area contributed by atoms with Crippen LogP contribution in [0.25, 0.3) is 1.43 Å². The van der Waals surface area contributed by atoms with Gasteiger partial charge < -0.3 is 10.8 Å². The second kappa shape index (κ2) is 8.05. The number of unbranched alkanes of at least 4 members (excludes halogenated alkanes) is 5. The van der Waals surface area contributed by atoms with E-state index >= 15 is 0 Å². The SMILES string of the molecule is [2H]OC(=O)[C@H](N)CCCCCCCC. The largest absolute Gasteiger partial charge is 0.480 e. The van der Waals surface area contributed by atoms with Crippen molar-refractivity contribution in [3.8, 4) is 0 Å². The first kappa shape index (κ1) is 10.5. The Kier molecular flexibility index (Phi) is 6.51. The van der Waals surface area contributed by atoms with Crippen LogP contribution in [0.1, 0.15) is 51.9 Å². The lowest BCUT2D eigenvalue weighted by Crippen LogP contribution is -2.29. The summed E-state index contributed by atoms with van der Waals surface area (Å²) in [5.41, 5.74) is 5.47. The van der Waals surface area contributed by atoms with E-state index < -0.39 is 12.0 Å². The Morgan fingerprint density at radius 1 is 1.38 bits per heavy atom. The molecule has 0 radical (unpaired) electrons. The van der Waals surface area contributed by atoms with Crippen LogP contribution in [0.4, 0.5) is 0 Å². The predicted molar refractivity (Wildman–Crippen MR) is 53.6 cm³/mol. The van der Waals surface area contributed by atoms with Crippen LogP contribution >= 0.6 is 0 Å². The van der Waals surface area contributed by atoms with Gasteiger partial charge in [0.15, 0.2) is 0 Å². The van der Waals surface area contributed by atoms with Crippen LogP contribution in [0.5, 0.6) is 0 Å². The zero-order chi connectivity index (χ0) is 10.8. The number of rotatable bonds is 8. The molecule has 0 saturated carbocycles. The molecule has 3 heteroatoms. The Labute approximate surface area is 81.8 Å². The molecule has 0 heterocycles. The number of carboxylic acids is 1. The lowest BCUT2D eigenvalue weighted by molar-refractivity contribution is -0.138. The molecule has 0 unspecified atom stereocenters. The number of hydrogen-bond donors (Lipinski definition) is 2. The number of aliphatic carboxylic acids is 1. The van der Waals surface area contributed by atoms with Gasteiger partial charge in [-0.25, -0.2) is 0 Å². The van der Waals surface area contributed by atoms with Gasteiger partial charge in [0, 0.05) is 0 Å². The monoisotopic (exact) mass is 188 g/mol. The third-order valence-electron chi connectivity index (χ3n) is 2.17. The normalized spacial score (nSPS) is 13.5. The maximum atomic E-state index is 10.7. The first-order chi connectivity index (χ1) is 6.72. The second-order valence-electron chi connectivity index (χ2n) is 3.48. The topological polar surface area (TPSA) is 63.3 Å². The highest BCUT2D eigenvalue weighted by molar-refractivity contribution is 5.72. The van der Waals surface area contributed by atoms with Gasteiger partial charge in [0.05, 0.1) is 0 Å². The van der Waals surface area contributed by atoms with Crippen LogP contribution < -0.4 is 5.73 Å². The van der Waals surface area contributed by atoms with Crippen molar-refractivity contribution in [2.75, 3.05) is 0 Å². The molecule has 0 aromatic rings. The molecule has 1 atom stereocenters. The smallest absolute Gasteiger partial charge is 0.320 e. The summed E-state index contributed by atoms with van der Waals surface area (Å²) in [6.45, 7) is 2.18. The van der Waals surface area contributed by atoms with Gasteiger partial charge in [0.1, 0.15) is 6.04 Å². The minimum atomic E-state index is -0.626. The van der Waals surface area contributed by atoms with Crippen LogP contribution in [0.3, 0.4) is 0 Å². The molecule has 0 fully saturated rings. The number of carboxylic acid groups (broad SMARTS) is 1. The second-order valence-corrected chi connectivity index (χ2v) is 3.48. The summed E-state index contributed by atoms with van der Waals surface area (Å²) in [4.78, 5) is 10.7. The fraction of sp³-hybridized carbons (Fsp3) is 0.900. The molecule has 13 heavy (non-hydrogen) atoms. The van der Waals surface area contributed by atoms with Gasteiger partial charge in [-0.2, -0.15) is 0 Å². The van der Waals surface area contributed by atoms with Crippen LogP contribution in [0.15, 0.2) is 0 Å². The maximum Gasteiger partial charge on any atom is 0.320 e. The molecule has 0 aliphatic rings. The summed E-state index contributed by atoms with van der Waals surface area (Å²) in [7, 11) is 0. The Morgan fingerprint density at radius 3 is 2.62 bits per heavy atom. The van der Waals surface area contributed by atoms with Crippen LogP contribution in [0, 0.1) is 0 Å².